The fourth-order valence-electron chi connectivity index (χ4n) is 1.90. The molecule has 5 nitrogen and oxygen atoms in total. The summed E-state index contributed by atoms with van der Waals surface area (Å²) in [5, 5.41) is 7.05. The van der Waals surface area contributed by atoms with Crippen molar-refractivity contribution in [2.24, 2.45) is 5.73 Å². The third kappa shape index (κ3) is 3.84. The van der Waals surface area contributed by atoms with E-state index in [1.807, 2.05) is 13.8 Å². The number of hydrogen-bond acceptors (Lipinski definition) is 3. The number of rotatable bonds is 4. The fourth-order valence-corrected chi connectivity index (χ4v) is 1.90. The fraction of sp³-hybridized carbons (Fsp3) is 0.333. The van der Waals surface area contributed by atoms with Crippen molar-refractivity contribution in [3.8, 4) is 5.69 Å². The molecule has 0 aliphatic rings. The maximum atomic E-state index is 13.0. The first-order chi connectivity index (χ1) is 9.84. The number of halogens is 2. The first-order valence-corrected chi connectivity index (χ1v) is 6.67. The summed E-state index contributed by atoms with van der Waals surface area (Å²) in [6.45, 7) is 5.83. The van der Waals surface area contributed by atoms with Crippen LogP contribution in [0.3, 0.4) is 0 Å². The lowest BCUT2D eigenvalue weighted by Gasteiger charge is -2.24. The molecule has 0 spiro atoms. The van der Waals surface area contributed by atoms with E-state index in [9.17, 15) is 9.18 Å². The molecule has 0 atom stereocenters. The Morgan fingerprint density at radius 1 is 1.36 bits per heavy atom. The second-order valence-electron chi connectivity index (χ2n) is 5.57. The lowest BCUT2D eigenvalue weighted by Crippen LogP contribution is -2.48. The topological polar surface area (TPSA) is 72.9 Å². The van der Waals surface area contributed by atoms with Crippen LogP contribution in [-0.2, 0) is 0 Å². The van der Waals surface area contributed by atoms with Crippen LogP contribution in [-0.4, -0.2) is 27.8 Å². The van der Waals surface area contributed by atoms with Crippen LogP contribution in [0.2, 0.25) is 0 Å². The van der Waals surface area contributed by atoms with E-state index < -0.39 is 5.54 Å². The Morgan fingerprint density at radius 3 is 2.50 bits per heavy atom. The van der Waals surface area contributed by atoms with Gasteiger partial charge in [-0.1, -0.05) is 0 Å². The van der Waals surface area contributed by atoms with Gasteiger partial charge in [-0.05, 0) is 45.0 Å². The summed E-state index contributed by atoms with van der Waals surface area (Å²) in [4.78, 5) is 12.3. The summed E-state index contributed by atoms with van der Waals surface area (Å²) in [6, 6.07) is 5.93. The standard InChI is InChI=1S/C15H19FN4O.ClH/c1-10-13(14(21)19-15(2,3)9-17)8-18-20(10)12-6-4-11(16)5-7-12;/h4-8H,9,17H2,1-3H3,(H,19,21);1H. The number of nitrogens with zero attached hydrogens (tertiary/aromatic N) is 2. The number of nitrogens with one attached hydrogen (secondary N) is 1. The lowest BCUT2D eigenvalue weighted by atomic mass is 10.1. The van der Waals surface area contributed by atoms with Crippen molar-refractivity contribution in [1.82, 2.24) is 15.1 Å². The molecule has 0 radical (unpaired) electrons. The average Bonchev–Trinajstić information content (AvgIpc) is 2.81. The average molecular weight is 327 g/mol. The highest BCUT2D eigenvalue weighted by Gasteiger charge is 2.22. The number of nitrogens with two attached hydrogens (primary N) is 1. The van der Waals surface area contributed by atoms with Gasteiger partial charge in [-0.15, -0.1) is 12.4 Å². The molecule has 0 saturated carbocycles. The van der Waals surface area contributed by atoms with Crippen molar-refractivity contribution in [1.29, 1.82) is 0 Å². The zero-order valence-electron chi connectivity index (χ0n) is 12.8. The van der Waals surface area contributed by atoms with Gasteiger partial charge in [0, 0.05) is 12.1 Å². The minimum absolute atomic E-state index is 0. The van der Waals surface area contributed by atoms with Gasteiger partial charge >= 0.3 is 0 Å². The molecule has 0 saturated heterocycles. The molecule has 0 fully saturated rings. The largest absolute Gasteiger partial charge is 0.346 e. The van der Waals surface area contributed by atoms with E-state index in [0.717, 1.165) is 0 Å². The number of aromatic nitrogens is 2. The minimum Gasteiger partial charge on any atom is -0.346 e. The van der Waals surface area contributed by atoms with Gasteiger partial charge in [0.15, 0.2) is 0 Å². The van der Waals surface area contributed by atoms with Crippen LogP contribution in [0, 0.1) is 12.7 Å². The Hall–Kier alpha value is -1.92. The second-order valence-corrected chi connectivity index (χ2v) is 5.57. The minimum atomic E-state index is -0.485. The predicted octanol–water partition coefficient (Wildman–Crippen LogP) is 2.21. The highest BCUT2D eigenvalue weighted by atomic mass is 35.5. The second kappa shape index (κ2) is 6.89. The van der Waals surface area contributed by atoms with E-state index in [0.29, 0.717) is 23.5 Å². The molecule has 2 aromatic rings. The smallest absolute Gasteiger partial charge is 0.255 e. The third-order valence-corrected chi connectivity index (χ3v) is 3.29. The molecule has 0 aliphatic heterocycles. The van der Waals surface area contributed by atoms with Gasteiger partial charge in [0.1, 0.15) is 5.82 Å². The van der Waals surface area contributed by atoms with Crippen LogP contribution in [0.15, 0.2) is 30.5 Å². The molecular formula is C15H20ClFN4O. The molecule has 120 valence electrons. The molecule has 1 heterocycles. The van der Waals surface area contributed by atoms with Crippen LogP contribution in [0.1, 0.15) is 29.9 Å². The first kappa shape index (κ1) is 18.1. The van der Waals surface area contributed by atoms with Crippen LogP contribution in [0.25, 0.3) is 5.69 Å². The normalized spacial score (nSPS) is 11.0. The summed E-state index contributed by atoms with van der Waals surface area (Å²) in [5.74, 6) is -0.539. The molecule has 0 aliphatic carbocycles. The van der Waals surface area contributed by atoms with E-state index >= 15 is 0 Å². The Kier molecular flexibility index (Phi) is 5.68. The highest BCUT2D eigenvalue weighted by molar-refractivity contribution is 5.95. The van der Waals surface area contributed by atoms with Crippen LogP contribution in [0.5, 0.6) is 0 Å². The molecule has 1 amide bonds. The highest BCUT2D eigenvalue weighted by Crippen LogP contribution is 2.15. The van der Waals surface area contributed by atoms with Gasteiger partial charge in [-0.25, -0.2) is 9.07 Å². The van der Waals surface area contributed by atoms with E-state index in [4.69, 9.17) is 5.73 Å². The lowest BCUT2D eigenvalue weighted by molar-refractivity contribution is 0.0915. The number of benzene rings is 1. The van der Waals surface area contributed by atoms with Gasteiger partial charge in [-0.3, -0.25) is 4.79 Å². The molecule has 0 unspecified atom stereocenters. The Labute approximate surface area is 135 Å². The Bertz CT molecular complexity index is 652. The van der Waals surface area contributed by atoms with Crippen LogP contribution < -0.4 is 11.1 Å². The molecule has 1 aromatic heterocycles. The molecule has 3 N–H and O–H groups in total. The number of amides is 1. The zero-order chi connectivity index (χ0) is 15.6. The van der Waals surface area contributed by atoms with Gasteiger partial charge in [0.25, 0.3) is 5.91 Å². The number of carbonyl (C=O) groups is 1. The summed E-state index contributed by atoms with van der Waals surface area (Å²) in [7, 11) is 0. The molecule has 22 heavy (non-hydrogen) atoms. The van der Waals surface area contributed by atoms with Crippen molar-refractivity contribution in [2.75, 3.05) is 6.54 Å². The van der Waals surface area contributed by atoms with Gasteiger partial charge in [-0.2, -0.15) is 5.10 Å². The Morgan fingerprint density at radius 2 is 1.95 bits per heavy atom. The molecular weight excluding hydrogens is 307 g/mol. The van der Waals surface area contributed by atoms with Crippen molar-refractivity contribution >= 4 is 18.3 Å². The summed E-state index contributed by atoms with van der Waals surface area (Å²) in [5.41, 5.74) is 6.99. The maximum Gasteiger partial charge on any atom is 0.255 e. The first-order valence-electron chi connectivity index (χ1n) is 6.67. The zero-order valence-corrected chi connectivity index (χ0v) is 13.6. The molecule has 1 aromatic carbocycles. The van der Waals surface area contributed by atoms with E-state index in [1.165, 1.54) is 18.3 Å². The molecule has 7 heteroatoms. The van der Waals surface area contributed by atoms with Gasteiger partial charge in [0.05, 0.1) is 23.1 Å². The van der Waals surface area contributed by atoms with Crippen molar-refractivity contribution in [2.45, 2.75) is 26.3 Å². The predicted molar refractivity (Wildman–Crippen MR) is 86.1 cm³/mol. The number of carbonyl (C=O) groups excluding carboxylic acids is 1. The summed E-state index contributed by atoms with van der Waals surface area (Å²) < 4.78 is 14.6. The third-order valence-electron chi connectivity index (χ3n) is 3.29. The van der Waals surface area contributed by atoms with Crippen molar-refractivity contribution in [3.05, 3.63) is 47.5 Å². The molecule has 0 bridgehead atoms. The SMILES string of the molecule is Cc1c(C(=O)NC(C)(C)CN)cnn1-c1ccc(F)cc1.Cl. The monoisotopic (exact) mass is 326 g/mol. The molecule has 2 rings (SSSR count). The van der Waals surface area contributed by atoms with Gasteiger partial charge in [0.2, 0.25) is 0 Å². The van der Waals surface area contributed by atoms with Gasteiger partial charge < -0.3 is 11.1 Å². The van der Waals surface area contributed by atoms with E-state index in [1.54, 1.807) is 23.7 Å². The Balaban J connectivity index is 0.00000242. The van der Waals surface area contributed by atoms with Crippen molar-refractivity contribution in [3.63, 3.8) is 0 Å². The quantitative estimate of drug-likeness (QED) is 0.904. The summed E-state index contributed by atoms with van der Waals surface area (Å²) >= 11 is 0. The number of hydrogen-bond donors (Lipinski definition) is 2. The summed E-state index contributed by atoms with van der Waals surface area (Å²) in [6.07, 6.45) is 1.50. The van der Waals surface area contributed by atoms with Crippen molar-refractivity contribution < 1.29 is 9.18 Å². The van der Waals surface area contributed by atoms with E-state index in [-0.39, 0.29) is 24.1 Å². The maximum absolute atomic E-state index is 13.0. The van der Waals surface area contributed by atoms with E-state index in [2.05, 4.69) is 10.4 Å². The van der Waals surface area contributed by atoms with Crippen LogP contribution >= 0.6 is 12.4 Å². The van der Waals surface area contributed by atoms with Crippen LogP contribution in [0.4, 0.5) is 4.39 Å².